The van der Waals surface area contributed by atoms with Gasteiger partial charge in [0, 0.05) is 28.6 Å². The van der Waals surface area contributed by atoms with Crippen LogP contribution in [0.1, 0.15) is 10.4 Å². The normalized spacial score (nSPS) is 10.9. The number of carbonyl (C=O) groups is 1. The van der Waals surface area contributed by atoms with Crippen LogP contribution in [0, 0.1) is 0 Å². The number of fused-ring (bicyclic) bond motifs is 1. The molecule has 4 nitrogen and oxygen atoms in total. The molecule has 2 N–H and O–H groups in total. The van der Waals surface area contributed by atoms with Gasteiger partial charge in [-0.2, -0.15) is 0 Å². The van der Waals surface area contributed by atoms with Crippen molar-refractivity contribution in [2.45, 2.75) is 0 Å². The SMILES string of the molecule is NC(=O)c1c(Cl)c(-c2cncc(Br)c2)n2ccccc12. The van der Waals surface area contributed by atoms with E-state index in [1.54, 1.807) is 18.5 Å². The lowest BCUT2D eigenvalue weighted by molar-refractivity contribution is 0.100. The van der Waals surface area contributed by atoms with Crippen molar-refractivity contribution in [3.05, 3.63) is 57.9 Å². The van der Waals surface area contributed by atoms with E-state index in [1.165, 1.54) is 0 Å². The summed E-state index contributed by atoms with van der Waals surface area (Å²) in [7, 11) is 0. The van der Waals surface area contributed by atoms with E-state index in [4.69, 9.17) is 17.3 Å². The molecule has 0 unspecified atom stereocenters. The molecule has 1 amide bonds. The maximum absolute atomic E-state index is 11.6. The number of nitrogens with two attached hydrogens (primary N) is 1. The molecular formula is C14H9BrClN3O. The van der Waals surface area contributed by atoms with Crippen molar-refractivity contribution in [1.29, 1.82) is 0 Å². The lowest BCUT2D eigenvalue weighted by Crippen LogP contribution is -2.10. The summed E-state index contributed by atoms with van der Waals surface area (Å²) in [5.41, 5.74) is 7.95. The van der Waals surface area contributed by atoms with Gasteiger partial charge in [-0.05, 0) is 34.1 Å². The van der Waals surface area contributed by atoms with E-state index in [0.717, 1.165) is 10.0 Å². The Hall–Kier alpha value is -1.85. The Morgan fingerprint density at radius 2 is 2.15 bits per heavy atom. The number of primary amides is 1. The molecule has 20 heavy (non-hydrogen) atoms. The lowest BCUT2D eigenvalue weighted by Gasteiger charge is -2.03. The molecular weight excluding hydrogens is 342 g/mol. The van der Waals surface area contributed by atoms with Gasteiger partial charge in [-0.1, -0.05) is 17.7 Å². The van der Waals surface area contributed by atoms with E-state index in [2.05, 4.69) is 20.9 Å². The highest BCUT2D eigenvalue weighted by molar-refractivity contribution is 9.10. The van der Waals surface area contributed by atoms with Gasteiger partial charge in [0.1, 0.15) is 0 Å². The van der Waals surface area contributed by atoms with Crippen molar-refractivity contribution >= 4 is 39.0 Å². The molecule has 0 fully saturated rings. The van der Waals surface area contributed by atoms with Crippen molar-refractivity contribution in [3.63, 3.8) is 0 Å². The van der Waals surface area contributed by atoms with Crippen LogP contribution in [0.4, 0.5) is 0 Å². The fourth-order valence-corrected chi connectivity index (χ4v) is 2.97. The molecule has 3 aromatic heterocycles. The fourth-order valence-electron chi connectivity index (χ4n) is 2.22. The minimum Gasteiger partial charge on any atom is -0.365 e. The number of carbonyl (C=O) groups excluding carboxylic acids is 1. The fraction of sp³-hybridized carbons (Fsp3) is 0. The number of hydrogen-bond donors (Lipinski definition) is 1. The molecule has 0 saturated carbocycles. The quantitative estimate of drug-likeness (QED) is 0.769. The summed E-state index contributed by atoms with van der Waals surface area (Å²) < 4.78 is 2.67. The first-order chi connectivity index (χ1) is 9.59. The highest BCUT2D eigenvalue weighted by atomic mass is 79.9. The van der Waals surface area contributed by atoms with Crippen molar-refractivity contribution in [2.24, 2.45) is 5.73 Å². The van der Waals surface area contributed by atoms with Gasteiger partial charge in [-0.25, -0.2) is 0 Å². The maximum atomic E-state index is 11.6. The molecule has 0 radical (unpaired) electrons. The van der Waals surface area contributed by atoms with Crippen LogP contribution in [0.15, 0.2) is 47.3 Å². The Morgan fingerprint density at radius 1 is 1.35 bits per heavy atom. The zero-order valence-electron chi connectivity index (χ0n) is 10.2. The van der Waals surface area contributed by atoms with E-state index in [1.807, 2.05) is 28.8 Å². The maximum Gasteiger partial charge on any atom is 0.252 e. The Labute approximate surface area is 128 Å². The first kappa shape index (κ1) is 13.1. The van der Waals surface area contributed by atoms with E-state index >= 15 is 0 Å². The van der Waals surface area contributed by atoms with Crippen LogP contribution >= 0.6 is 27.5 Å². The molecule has 0 aliphatic carbocycles. The summed E-state index contributed by atoms with van der Waals surface area (Å²) in [6.07, 6.45) is 5.21. The van der Waals surface area contributed by atoms with Crippen LogP contribution in [0.2, 0.25) is 5.02 Å². The summed E-state index contributed by atoms with van der Waals surface area (Å²) in [4.78, 5) is 15.8. The molecule has 3 rings (SSSR count). The predicted octanol–water partition coefficient (Wildman–Crippen LogP) is 3.52. The number of aromatic nitrogens is 2. The van der Waals surface area contributed by atoms with Crippen LogP contribution < -0.4 is 5.73 Å². The average molecular weight is 351 g/mol. The Balaban J connectivity index is 2.42. The average Bonchev–Trinajstić information content (AvgIpc) is 2.70. The molecule has 0 saturated heterocycles. The molecule has 0 aromatic carbocycles. The first-order valence-corrected chi connectivity index (χ1v) is 6.96. The Bertz CT molecular complexity index is 828. The number of amides is 1. The number of nitrogens with zero attached hydrogens (tertiary/aromatic N) is 2. The third-order valence-electron chi connectivity index (χ3n) is 3.01. The monoisotopic (exact) mass is 349 g/mol. The van der Waals surface area contributed by atoms with Crippen molar-refractivity contribution < 1.29 is 4.79 Å². The highest BCUT2D eigenvalue weighted by Gasteiger charge is 2.21. The van der Waals surface area contributed by atoms with Gasteiger partial charge in [-0.15, -0.1) is 0 Å². The summed E-state index contributed by atoms with van der Waals surface area (Å²) in [6.45, 7) is 0. The van der Waals surface area contributed by atoms with E-state index in [0.29, 0.717) is 21.8 Å². The lowest BCUT2D eigenvalue weighted by atomic mass is 10.2. The molecule has 3 aromatic rings. The molecule has 0 spiro atoms. The minimum absolute atomic E-state index is 0.322. The second-order valence-corrected chi connectivity index (χ2v) is 5.54. The van der Waals surface area contributed by atoms with Crippen molar-refractivity contribution in [3.8, 4) is 11.3 Å². The van der Waals surface area contributed by atoms with Crippen molar-refractivity contribution in [1.82, 2.24) is 9.38 Å². The summed E-state index contributed by atoms with van der Waals surface area (Å²) in [5.74, 6) is -0.548. The highest BCUT2D eigenvalue weighted by Crippen LogP contribution is 2.36. The second-order valence-electron chi connectivity index (χ2n) is 4.25. The topological polar surface area (TPSA) is 60.4 Å². The zero-order chi connectivity index (χ0) is 14.3. The Morgan fingerprint density at radius 3 is 2.85 bits per heavy atom. The van der Waals surface area contributed by atoms with Gasteiger partial charge in [0.05, 0.1) is 21.8 Å². The standard InChI is InChI=1S/C14H9BrClN3O/c15-9-5-8(6-18-7-9)13-12(16)11(14(17)20)10-3-1-2-4-19(10)13/h1-7H,(H2,17,20). The molecule has 6 heteroatoms. The third kappa shape index (κ3) is 1.99. The van der Waals surface area contributed by atoms with E-state index in [-0.39, 0.29) is 0 Å². The predicted molar refractivity (Wildman–Crippen MR) is 81.9 cm³/mol. The number of halogens is 2. The minimum atomic E-state index is -0.548. The largest absolute Gasteiger partial charge is 0.365 e. The van der Waals surface area contributed by atoms with Crippen LogP contribution in [0.25, 0.3) is 16.8 Å². The van der Waals surface area contributed by atoms with Gasteiger partial charge in [0.25, 0.3) is 5.91 Å². The third-order valence-corrected chi connectivity index (χ3v) is 3.81. The molecule has 0 aliphatic rings. The first-order valence-electron chi connectivity index (χ1n) is 5.79. The van der Waals surface area contributed by atoms with Gasteiger partial charge in [0.2, 0.25) is 0 Å². The summed E-state index contributed by atoms with van der Waals surface area (Å²) in [5, 5.41) is 0.337. The Kier molecular flexibility index (Phi) is 3.23. The smallest absolute Gasteiger partial charge is 0.252 e. The van der Waals surface area contributed by atoms with Gasteiger partial charge < -0.3 is 10.1 Å². The van der Waals surface area contributed by atoms with E-state index in [9.17, 15) is 4.79 Å². The number of pyridine rings is 2. The molecule has 0 bridgehead atoms. The van der Waals surface area contributed by atoms with Gasteiger partial charge >= 0.3 is 0 Å². The molecule has 100 valence electrons. The van der Waals surface area contributed by atoms with Crippen LogP contribution in [0.3, 0.4) is 0 Å². The zero-order valence-corrected chi connectivity index (χ0v) is 12.5. The summed E-state index contributed by atoms with van der Waals surface area (Å²) in [6, 6.07) is 7.39. The second kappa shape index (κ2) is 4.92. The summed E-state index contributed by atoms with van der Waals surface area (Å²) >= 11 is 9.75. The number of rotatable bonds is 2. The number of hydrogen-bond acceptors (Lipinski definition) is 2. The van der Waals surface area contributed by atoms with Crippen LogP contribution in [0.5, 0.6) is 0 Å². The van der Waals surface area contributed by atoms with Gasteiger partial charge in [-0.3, -0.25) is 9.78 Å². The molecule has 0 atom stereocenters. The molecule has 3 heterocycles. The van der Waals surface area contributed by atoms with Gasteiger partial charge in [0.15, 0.2) is 0 Å². The van der Waals surface area contributed by atoms with E-state index < -0.39 is 5.91 Å². The van der Waals surface area contributed by atoms with Crippen molar-refractivity contribution in [2.75, 3.05) is 0 Å². The van der Waals surface area contributed by atoms with Crippen LogP contribution in [-0.2, 0) is 0 Å². The molecule has 0 aliphatic heterocycles. The van der Waals surface area contributed by atoms with Crippen LogP contribution in [-0.4, -0.2) is 15.3 Å².